The second kappa shape index (κ2) is 3.46. The maximum absolute atomic E-state index is 9.12. The summed E-state index contributed by atoms with van der Waals surface area (Å²) in [6, 6.07) is 17.3. The van der Waals surface area contributed by atoms with Crippen LogP contribution in [0.25, 0.3) is 0 Å². The monoisotopic (exact) mass is 246 g/mol. The summed E-state index contributed by atoms with van der Waals surface area (Å²) in [7, 11) is 0. The third-order valence-electron chi connectivity index (χ3n) is 4.54. The van der Waals surface area contributed by atoms with Crippen molar-refractivity contribution in [3.8, 4) is 6.07 Å². The summed E-state index contributed by atoms with van der Waals surface area (Å²) in [6.07, 6.45) is 1.03. The zero-order chi connectivity index (χ0) is 13.0. The first-order chi connectivity index (χ1) is 9.22. The van der Waals surface area contributed by atoms with Gasteiger partial charge in [-0.2, -0.15) is 5.26 Å². The van der Waals surface area contributed by atoms with E-state index in [0.717, 1.165) is 12.0 Å². The Hall–Kier alpha value is -2.11. The Morgan fingerprint density at radius 3 is 2.89 bits per heavy atom. The number of benzene rings is 2. The van der Waals surface area contributed by atoms with Gasteiger partial charge in [0.25, 0.3) is 0 Å². The highest BCUT2D eigenvalue weighted by Crippen LogP contribution is 2.48. The molecule has 0 radical (unpaired) electrons. The van der Waals surface area contributed by atoms with Crippen molar-refractivity contribution in [1.82, 2.24) is 5.32 Å². The van der Waals surface area contributed by atoms with Crippen molar-refractivity contribution in [2.75, 3.05) is 0 Å². The van der Waals surface area contributed by atoms with Crippen LogP contribution in [-0.2, 0) is 12.0 Å². The second-order valence-electron chi connectivity index (χ2n) is 5.60. The molecule has 0 saturated heterocycles. The molecule has 0 aliphatic carbocycles. The largest absolute Gasteiger partial charge is 0.297 e. The first-order valence-electron chi connectivity index (χ1n) is 6.63. The Kier molecular flexibility index (Phi) is 1.97. The van der Waals surface area contributed by atoms with Crippen molar-refractivity contribution in [2.45, 2.75) is 24.9 Å². The van der Waals surface area contributed by atoms with Crippen LogP contribution in [0.3, 0.4) is 0 Å². The number of nitrogens with one attached hydrogen (secondary N) is 1. The molecule has 0 aromatic heterocycles. The van der Waals surface area contributed by atoms with Gasteiger partial charge in [0.05, 0.1) is 17.2 Å². The lowest BCUT2D eigenvalue weighted by Gasteiger charge is -2.34. The molecule has 2 aromatic carbocycles. The van der Waals surface area contributed by atoms with E-state index >= 15 is 0 Å². The molecule has 0 unspecified atom stereocenters. The first-order valence-corrected chi connectivity index (χ1v) is 6.63. The Balaban J connectivity index is 2.02. The van der Waals surface area contributed by atoms with Crippen LogP contribution in [0.1, 0.15) is 40.8 Å². The van der Waals surface area contributed by atoms with E-state index in [-0.39, 0.29) is 5.54 Å². The lowest BCUT2D eigenvalue weighted by molar-refractivity contribution is 0.389. The van der Waals surface area contributed by atoms with E-state index in [2.05, 4.69) is 48.6 Å². The van der Waals surface area contributed by atoms with Gasteiger partial charge in [-0.3, -0.25) is 5.32 Å². The van der Waals surface area contributed by atoms with Gasteiger partial charge in [0.15, 0.2) is 0 Å². The minimum atomic E-state index is -0.151. The summed E-state index contributed by atoms with van der Waals surface area (Å²) in [5.74, 6) is 0. The minimum Gasteiger partial charge on any atom is -0.297 e. The normalized spacial score (nSPS) is 26.4. The fourth-order valence-corrected chi connectivity index (χ4v) is 3.66. The summed E-state index contributed by atoms with van der Waals surface area (Å²) in [4.78, 5) is 0. The number of hydrogen-bond donors (Lipinski definition) is 1. The third-order valence-corrected chi connectivity index (χ3v) is 4.54. The van der Waals surface area contributed by atoms with Crippen LogP contribution in [0, 0.1) is 11.3 Å². The van der Waals surface area contributed by atoms with Crippen LogP contribution in [0.15, 0.2) is 42.5 Å². The summed E-state index contributed by atoms with van der Waals surface area (Å²) in [5.41, 5.74) is 5.97. The van der Waals surface area contributed by atoms with Crippen LogP contribution in [0.2, 0.25) is 0 Å². The number of nitrogens with zero attached hydrogens (tertiary/aromatic N) is 1. The lowest BCUT2D eigenvalue weighted by atomic mass is 9.82. The third kappa shape index (κ3) is 1.28. The Morgan fingerprint density at radius 2 is 2.05 bits per heavy atom. The van der Waals surface area contributed by atoms with Gasteiger partial charge < -0.3 is 0 Å². The van der Waals surface area contributed by atoms with Gasteiger partial charge in [-0.25, -0.2) is 0 Å². The van der Waals surface area contributed by atoms with Crippen molar-refractivity contribution in [1.29, 1.82) is 5.26 Å². The predicted molar refractivity (Wildman–Crippen MR) is 73.6 cm³/mol. The van der Waals surface area contributed by atoms with Crippen molar-refractivity contribution in [3.63, 3.8) is 0 Å². The Bertz CT molecular complexity index is 726. The number of rotatable bonds is 0. The van der Waals surface area contributed by atoms with Gasteiger partial charge in [0.1, 0.15) is 0 Å². The van der Waals surface area contributed by atoms with Crippen molar-refractivity contribution >= 4 is 0 Å². The number of hydrogen-bond acceptors (Lipinski definition) is 2. The molecule has 2 aromatic rings. The molecule has 2 aliphatic rings. The molecule has 0 saturated carbocycles. The summed E-state index contributed by atoms with van der Waals surface area (Å²) in [6.45, 7) is 2.23. The molecule has 2 atom stereocenters. The highest BCUT2D eigenvalue weighted by Gasteiger charge is 2.45. The molecule has 2 bridgehead atoms. The molecular weight excluding hydrogens is 232 g/mol. The highest BCUT2D eigenvalue weighted by molar-refractivity contribution is 5.56. The van der Waals surface area contributed by atoms with Crippen LogP contribution < -0.4 is 5.32 Å². The van der Waals surface area contributed by atoms with E-state index in [1.165, 1.54) is 22.3 Å². The van der Waals surface area contributed by atoms with E-state index in [9.17, 15) is 0 Å². The van der Waals surface area contributed by atoms with E-state index in [4.69, 9.17) is 5.26 Å². The molecule has 1 N–H and O–H groups in total. The quantitative estimate of drug-likeness (QED) is 0.775. The topological polar surface area (TPSA) is 35.8 Å². The zero-order valence-electron chi connectivity index (χ0n) is 10.8. The molecule has 2 heteroatoms. The van der Waals surface area contributed by atoms with Crippen molar-refractivity contribution in [3.05, 3.63) is 70.3 Å². The summed E-state index contributed by atoms with van der Waals surface area (Å²) in [5, 5.41) is 12.8. The van der Waals surface area contributed by atoms with Gasteiger partial charge >= 0.3 is 0 Å². The van der Waals surface area contributed by atoms with Gasteiger partial charge in [-0.05, 0) is 47.7 Å². The standard InChI is InChI=1S/C17H14N2/c1-17-14-5-3-2-4-12(14)9-16(19-17)13-7-6-11(10-18)8-15(13)17/h2-8,16,19H,9H2,1H3/t16-,17+/m1/s1. The second-order valence-corrected chi connectivity index (χ2v) is 5.60. The average molecular weight is 246 g/mol. The van der Waals surface area contributed by atoms with E-state index in [0.29, 0.717) is 6.04 Å². The molecule has 0 fully saturated rings. The molecule has 2 aliphatic heterocycles. The maximum atomic E-state index is 9.12. The highest BCUT2D eigenvalue weighted by atomic mass is 15.1. The van der Waals surface area contributed by atoms with Crippen LogP contribution in [0.4, 0.5) is 0 Å². The van der Waals surface area contributed by atoms with Crippen molar-refractivity contribution in [2.24, 2.45) is 0 Å². The molecule has 2 nitrogen and oxygen atoms in total. The average Bonchev–Trinajstić information content (AvgIpc) is 2.68. The molecule has 0 amide bonds. The van der Waals surface area contributed by atoms with Gasteiger partial charge in [0.2, 0.25) is 0 Å². The van der Waals surface area contributed by atoms with Crippen molar-refractivity contribution < 1.29 is 0 Å². The molecule has 4 rings (SSSR count). The van der Waals surface area contributed by atoms with E-state index in [1.54, 1.807) is 0 Å². The fraction of sp³-hybridized carbons (Fsp3) is 0.235. The molecule has 0 spiro atoms. The maximum Gasteiger partial charge on any atom is 0.0991 e. The van der Waals surface area contributed by atoms with E-state index in [1.807, 2.05) is 12.1 Å². The Morgan fingerprint density at radius 1 is 1.21 bits per heavy atom. The van der Waals surface area contributed by atoms with Gasteiger partial charge in [-0.1, -0.05) is 30.3 Å². The molecule has 92 valence electrons. The number of nitriles is 1. The fourth-order valence-electron chi connectivity index (χ4n) is 3.66. The van der Waals surface area contributed by atoms with Gasteiger partial charge in [-0.15, -0.1) is 0 Å². The minimum absolute atomic E-state index is 0.151. The lowest BCUT2D eigenvalue weighted by Crippen LogP contribution is -2.41. The summed E-state index contributed by atoms with van der Waals surface area (Å²) >= 11 is 0. The first kappa shape index (κ1) is 10.8. The van der Waals surface area contributed by atoms with Crippen LogP contribution in [0.5, 0.6) is 0 Å². The molecule has 2 heterocycles. The van der Waals surface area contributed by atoms with Gasteiger partial charge in [0, 0.05) is 6.04 Å². The molecule has 19 heavy (non-hydrogen) atoms. The summed E-state index contributed by atoms with van der Waals surface area (Å²) < 4.78 is 0. The SMILES string of the molecule is C[C@]12N[C@H](Cc3ccccc31)c1ccc(C#N)cc12. The zero-order valence-corrected chi connectivity index (χ0v) is 10.8. The van der Waals surface area contributed by atoms with Crippen LogP contribution in [-0.4, -0.2) is 0 Å². The Labute approximate surface area is 112 Å². The smallest absolute Gasteiger partial charge is 0.0991 e. The number of fused-ring (bicyclic) bond motifs is 7. The predicted octanol–water partition coefficient (Wildman–Crippen LogP) is 3.02. The van der Waals surface area contributed by atoms with Crippen LogP contribution >= 0.6 is 0 Å². The molecular formula is C17H14N2. The van der Waals surface area contributed by atoms with E-state index < -0.39 is 0 Å².